The number of nitrogens with one attached hydrogen (secondary N) is 3. The molecule has 3 N–H and O–H groups in total. The van der Waals surface area contributed by atoms with Gasteiger partial charge in [0, 0.05) is 26.3 Å². The van der Waals surface area contributed by atoms with Crippen LogP contribution in [0.25, 0.3) is 0 Å². The van der Waals surface area contributed by atoms with Crippen LogP contribution in [0.2, 0.25) is 0 Å². The van der Waals surface area contributed by atoms with Gasteiger partial charge >= 0.3 is 0 Å². The summed E-state index contributed by atoms with van der Waals surface area (Å²) >= 11 is 0. The van der Waals surface area contributed by atoms with Gasteiger partial charge in [0.15, 0.2) is 5.96 Å². The molecule has 4 atom stereocenters. The van der Waals surface area contributed by atoms with E-state index in [1.807, 2.05) is 6.07 Å². The molecule has 1 aromatic rings. The molecule has 8 nitrogen and oxygen atoms in total. The van der Waals surface area contributed by atoms with Gasteiger partial charge in [-0.1, -0.05) is 12.2 Å². The van der Waals surface area contributed by atoms with Crippen molar-refractivity contribution in [3.8, 4) is 0 Å². The van der Waals surface area contributed by atoms with E-state index in [1.165, 1.54) is 4.90 Å². The van der Waals surface area contributed by atoms with Crippen LogP contribution in [0.1, 0.15) is 18.5 Å². The van der Waals surface area contributed by atoms with Gasteiger partial charge < -0.3 is 10.6 Å². The molecule has 3 aliphatic rings. The second kappa shape index (κ2) is 8.41. The van der Waals surface area contributed by atoms with Crippen LogP contribution in [0.15, 0.2) is 29.4 Å². The summed E-state index contributed by atoms with van der Waals surface area (Å²) in [7, 11) is 1.71. The summed E-state index contributed by atoms with van der Waals surface area (Å²) in [5, 5.41) is 13.2. The van der Waals surface area contributed by atoms with Crippen molar-refractivity contribution in [2.45, 2.75) is 19.4 Å². The van der Waals surface area contributed by atoms with E-state index < -0.39 is 0 Å². The molecule has 1 aromatic heterocycles. The smallest absolute Gasteiger partial charge is 0.233 e. The lowest BCUT2D eigenvalue weighted by molar-refractivity contribution is -0.140. The average molecular weight is 484 g/mol. The molecule has 9 heteroatoms. The van der Waals surface area contributed by atoms with E-state index in [1.54, 1.807) is 13.2 Å². The number of nitrogens with zero attached hydrogens (tertiary/aromatic N) is 3. The van der Waals surface area contributed by atoms with Crippen molar-refractivity contribution in [1.82, 2.24) is 25.7 Å². The monoisotopic (exact) mass is 484 g/mol. The molecular weight excluding hydrogens is 459 g/mol. The predicted octanol–water partition coefficient (Wildman–Crippen LogP) is 0.890. The van der Waals surface area contributed by atoms with E-state index in [-0.39, 0.29) is 59.5 Å². The minimum Gasteiger partial charge on any atom is -0.356 e. The molecule has 0 radical (unpaired) electrons. The average Bonchev–Trinajstić information content (AvgIpc) is 3.42. The number of halogens is 1. The molecule has 2 aliphatic carbocycles. The zero-order valence-electron chi connectivity index (χ0n) is 15.2. The van der Waals surface area contributed by atoms with Crippen molar-refractivity contribution in [2.75, 3.05) is 20.1 Å². The van der Waals surface area contributed by atoms with Gasteiger partial charge in [0.25, 0.3) is 0 Å². The molecule has 2 heterocycles. The highest BCUT2D eigenvalue weighted by Gasteiger charge is 2.58. The van der Waals surface area contributed by atoms with Gasteiger partial charge in [-0.3, -0.25) is 24.6 Å². The van der Waals surface area contributed by atoms with Crippen molar-refractivity contribution in [3.05, 3.63) is 30.1 Å². The molecular formula is C18H25IN6O2. The number of guanidine groups is 1. The van der Waals surface area contributed by atoms with Crippen molar-refractivity contribution < 1.29 is 9.59 Å². The van der Waals surface area contributed by atoms with Crippen molar-refractivity contribution in [2.24, 2.45) is 28.7 Å². The Hall–Kier alpha value is -1.91. The molecule has 4 rings (SSSR count). The van der Waals surface area contributed by atoms with Crippen LogP contribution in [0.3, 0.4) is 0 Å². The molecule has 0 aromatic carbocycles. The van der Waals surface area contributed by atoms with Crippen molar-refractivity contribution in [3.63, 3.8) is 0 Å². The third kappa shape index (κ3) is 3.74. The van der Waals surface area contributed by atoms with Gasteiger partial charge in [-0.15, -0.1) is 24.0 Å². The molecule has 0 spiro atoms. The number of allylic oxidation sites excluding steroid dienone is 2. The fraction of sp³-hybridized carbons (Fsp3) is 0.556. The Bertz CT molecular complexity index is 717. The Morgan fingerprint density at radius 1 is 1.26 bits per heavy atom. The van der Waals surface area contributed by atoms with Crippen molar-refractivity contribution >= 4 is 41.8 Å². The Balaban J connectivity index is 0.00000210. The van der Waals surface area contributed by atoms with Crippen LogP contribution in [-0.4, -0.2) is 53.0 Å². The van der Waals surface area contributed by atoms with Crippen LogP contribution in [0, 0.1) is 23.7 Å². The highest BCUT2D eigenvalue weighted by atomic mass is 127. The molecule has 146 valence electrons. The van der Waals surface area contributed by atoms with E-state index in [0.717, 1.165) is 12.1 Å². The first-order valence-electron chi connectivity index (χ1n) is 9.15. The molecule has 2 amide bonds. The van der Waals surface area contributed by atoms with E-state index in [2.05, 4.69) is 38.0 Å². The maximum absolute atomic E-state index is 12.6. The molecule has 4 unspecified atom stereocenters. The van der Waals surface area contributed by atoms with Gasteiger partial charge in [0.05, 0.1) is 24.1 Å². The number of amides is 2. The minimum absolute atomic E-state index is 0. The number of aromatic amines is 1. The number of carbonyl (C=O) groups excluding carboxylic acids is 2. The normalized spacial score (nSPS) is 28.5. The Morgan fingerprint density at radius 2 is 1.96 bits per heavy atom. The lowest BCUT2D eigenvalue weighted by Crippen LogP contribution is -2.39. The largest absolute Gasteiger partial charge is 0.356 e. The molecule has 1 saturated heterocycles. The van der Waals surface area contributed by atoms with Gasteiger partial charge in [0.1, 0.15) is 0 Å². The van der Waals surface area contributed by atoms with Gasteiger partial charge in [-0.05, 0) is 30.7 Å². The quantitative estimate of drug-likeness (QED) is 0.139. The van der Waals surface area contributed by atoms with Crippen LogP contribution < -0.4 is 10.6 Å². The molecule has 2 fully saturated rings. The SMILES string of the molecule is CN=C(NCCCN1C(=O)C2C3C=CC(C3)C2C1=O)NCc1ccn[nH]1.I. The second-order valence-electron chi connectivity index (χ2n) is 7.12. The number of carbonyl (C=O) groups is 2. The first kappa shape index (κ1) is 19.8. The zero-order chi connectivity index (χ0) is 18.1. The maximum atomic E-state index is 12.6. The number of rotatable bonds is 6. The van der Waals surface area contributed by atoms with E-state index in [4.69, 9.17) is 0 Å². The molecule has 1 saturated carbocycles. The number of hydrogen-bond donors (Lipinski definition) is 3. The summed E-state index contributed by atoms with van der Waals surface area (Å²) in [6.07, 6.45) is 7.62. The number of aliphatic imine (C=N–C) groups is 1. The van der Waals surface area contributed by atoms with Crippen LogP contribution in [0.5, 0.6) is 0 Å². The topological polar surface area (TPSA) is 102 Å². The van der Waals surface area contributed by atoms with Crippen LogP contribution in [0.4, 0.5) is 0 Å². The number of likely N-dealkylation sites (tertiary alicyclic amines) is 1. The third-order valence-electron chi connectivity index (χ3n) is 5.64. The number of aromatic nitrogens is 2. The summed E-state index contributed by atoms with van der Waals surface area (Å²) in [5.74, 6) is 1.07. The minimum atomic E-state index is -0.103. The van der Waals surface area contributed by atoms with Crippen molar-refractivity contribution in [1.29, 1.82) is 0 Å². The summed E-state index contributed by atoms with van der Waals surface area (Å²) in [4.78, 5) is 30.9. The third-order valence-corrected chi connectivity index (χ3v) is 5.64. The highest BCUT2D eigenvalue weighted by molar-refractivity contribution is 14.0. The lowest BCUT2D eigenvalue weighted by atomic mass is 9.85. The fourth-order valence-corrected chi connectivity index (χ4v) is 4.41. The first-order valence-corrected chi connectivity index (χ1v) is 9.15. The van der Waals surface area contributed by atoms with E-state index >= 15 is 0 Å². The predicted molar refractivity (Wildman–Crippen MR) is 111 cm³/mol. The van der Waals surface area contributed by atoms with E-state index in [0.29, 0.717) is 32.0 Å². The maximum Gasteiger partial charge on any atom is 0.233 e. The van der Waals surface area contributed by atoms with Crippen LogP contribution >= 0.6 is 24.0 Å². The van der Waals surface area contributed by atoms with Gasteiger partial charge in [-0.25, -0.2) is 0 Å². The number of H-pyrrole nitrogens is 1. The highest BCUT2D eigenvalue weighted by Crippen LogP contribution is 2.52. The molecule has 1 aliphatic heterocycles. The summed E-state index contributed by atoms with van der Waals surface area (Å²) in [5.41, 5.74) is 0.969. The Labute approximate surface area is 175 Å². The standard InChI is InChI=1S/C18H24N6O2.HI/c1-19-18(21-10-13-5-7-22-23-13)20-6-2-8-24-16(25)14-11-3-4-12(9-11)15(14)17(24)26;/h3-5,7,11-12,14-15H,2,6,8-10H2,1H3,(H,22,23)(H2,19,20,21);1H. The second-order valence-corrected chi connectivity index (χ2v) is 7.12. The zero-order valence-corrected chi connectivity index (χ0v) is 17.6. The van der Waals surface area contributed by atoms with Gasteiger partial charge in [0.2, 0.25) is 11.8 Å². The molecule has 2 bridgehead atoms. The summed E-state index contributed by atoms with van der Waals surface area (Å²) in [6.45, 7) is 1.71. The Kier molecular flexibility index (Phi) is 6.18. The summed E-state index contributed by atoms with van der Waals surface area (Å²) < 4.78 is 0. The fourth-order valence-electron chi connectivity index (χ4n) is 4.41. The Morgan fingerprint density at radius 3 is 2.56 bits per heavy atom. The van der Waals surface area contributed by atoms with Gasteiger partial charge in [-0.2, -0.15) is 5.10 Å². The molecule has 27 heavy (non-hydrogen) atoms. The lowest BCUT2D eigenvalue weighted by Gasteiger charge is -2.18. The van der Waals surface area contributed by atoms with Crippen LogP contribution in [-0.2, 0) is 16.1 Å². The number of fused-ring (bicyclic) bond motifs is 5. The number of hydrogen-bond acceptors (Lipinski definition) is 4. The summed E-state index contributed by atoms with van der Waals surface area (Å²) in [6, 6.07) is 1.89. The first-order chi connectivity index (χ1) is 12.7. The number of imide groups is 1. The van der Waals surface area contributed by atoms with E-state index in [9.17, 15) is 9.59 Å².